The van der Waals surface area contributed by atoms with Gasteiger partial charge in [-0.1, -0.05) is 0 Å². The maximum absolute atomic E-state index is 12.4. The minimum Gasteiger partial charge on any atom is -0.406 e. The van der Waals surface area contributed by atoms with Crippen LogP contribution in [0.25, 0.3) is 0 Å². The molecule has 0 aromatic heterocycles. The highest BCUT2D eigenvalue weighted by molar-refractivity contribution is 5.94. The highest BCUT2D eigenvalue weighted by Gasteiger charge is 2.31. The van der Waals surface area contributed by atoms with Gasteiger partial charge in [-0.3, -0.25) is 14.5 Å². The number of rotatable bonds is 4. The molecule has 1 N–H and O–H groups in total. The van der Waals surface area contributed by atoms with E-state index in [1.54, 1.807) is 11.8 Å². The van der Waals surface area contributed by atoms with Gasteiger partial charge in [-0.2, -0.15) is 0 Å². The molecule has 1 fully saturated rings. The van der Waals surface area contributed by atoms with E-state index in [0.29, 0.717) is 31.9 Å². The third-order valence-electron chi connectivity index (χ3n) is 4.26. The third-order valence-corrected chi connectivity index (χ3v) is 4.26. The van der Waals surface area contributed by atoms with Gasteiger partial charge in [0, 0.05) is 38.8 Å². The molecule has 1 aromatic rings. The smallest absolute Gasteiger partial charge is 0.406 e. The van der Waals surface area contributed by atoms with Crippen LogP contribution in [-0.4, -0.2) is 60.2 Å². The zero-order valence-corrected chi connectivity index (χ0v) is 14.7. The lowest BCUT2D eigenvalue weighted by atomic mass is 10.2. The van der Waals surface area contributed by atoms with Gasteiger partial charge < -0.3 is 15.0 Å². The van der Waals surface area contributed by atoms with Crippen LogP contribution in [0, 0.1) is 0 Å². The van der Waals surface area contributed by atoms with Crippen molar-refractivity contribution in [3.63, 3.8) is 0 Å². The summed E-state index contributed by atoms with van der Waals surface area (Å²) in [7, 11) is 0. The van der Waals surface area contributed by atoms with Crippen LogP contribution < -0.4 is 10.1 Å². The number of nitrogens with zero attached hydrogens (tertiary/aromatic N) is 2. The van der Waals surface area contributed by atoms with Crippen LogP contribution >= 0.6 is 0 Å². The summed E-state index contributed by atoms with van der Waals surface area (Å²) in [5, 5.41) is 2.69. The Morgan fingerprint density at radius 1 is 1.12 bits per heavy atom. The third kappa shape index (κ3) is 5.91. The standard InChI is InChI=1S/C17H22F3N3O3/c1-12(22-8-3-9-23(11-10-22)13(2)24)16(25)21-14-4-6-15(7-5-14)26-17(18,19)20/h4-7,12H,3,8-11H2,1-2H3,(H,21,25). The summed E-state index contributed by atoms with van der Waals surface area (Å²) in [4.78, 5) is 27.6. The van der Waals surface area contributed by atoms with Gasteiger partial charge in [0.25, 0.3) is 0 Å². The molecule has 1 saturated heterocycles. The Morgan fingerprint density at radius 2 is 1.77 bits per heavy atom. The number of anilines is 1. The maximum atomic E-state index is 12.4. The summed E-state index contributed by atoms with van der Waals surface area (Å²) in [6.07, 6.45) is -3.97. The molecule has 1 aliphatic rings. The Morgan fingerprint density at radius 3 is 2.35 bits per heavy atom. The van der Waals surface area contributed by atoms with Crippen molar-refractivity contribution in [2.75, 3.05) is 31.5 Å². The molecule has 2 rings (SSSR count). The van der Waals surface area contributed by atoms with E-state index in [-0.39, 0.29) is 17.6 Å². The van der Waals surface area contributed by atoms with Crippen LogP contribution in [-0.2, 0) is 9.59 Å². The van der Waals surface area contributed by atoms with E-state index in [2.05, 4.69) is 10.1 Å². The Kier molecular flexibility index (Phi) is 6.47. The van der Waals surface area contributed by atoms with Gasteiger partial charge in [0.15, 0.2) is 0 Å². The molecule has 1 aromatic carbocycles. The van der Waals surface area contributed by atoms with Gasteiger partial charge in [0.2, 0.25) is 11.8 Å². The number of ether oxygens (including phenoxy) is 1. The molecule has 1 unspecified atom stereocenters. The number of benzene rings is 1. The largest absolute Gasteiger partial charge is 0.573 e. The number of halogens is 3. The summed E-state index contributed by atoms with van der Waals surface area (Å²) in [5.74, 6) is -0.587. The van der Waals surface area contributed by atoms with Crippen molar-refractivity contribution in [3.05, 3.63) is 24.3 Å². The molecule has 2 amide bonds. The summed E-state index contributed by atoms with van der Waals surface area (Å²) in [5.41, 5.74) is 0.386. The van der Waals surface area contributed by atoms with Crippen molar-refractivity contribution < 1.29 is 27.5 Å². The Bertz CT molecular complexity index is 634. The minimum atomic E-state index is -4.75. The SMILES string of the molecule is CC(=O)N1CCCN(C(C)C(=O)Nc2ccc(OC(F)(F)F)cc2)CC1. The lowest BCUT2D eigenvalue weighted by molar-refractivity contribution is -0.274. The molecule has 26 heavy (non-hydrogen) atoms. The van der Waals surface area contributed by atoms with Gasteiger partial charge in [-0.05, 0) is 37.6 Å². The zero-order chi connectivity index (χ0) is 19.3. The summed E-state index contributed by atoms with van der Waals surface area (Å²) < 4.78 is 40.3. The number of alkyl halides is 3. The molecular formula is C17H22F3N3O3. The molecule has 1 aliphatic heterocycles. The number of amides is 2. The number of carbonyl (C=O) groups excluding carboxylic acids is 2. The fourth-order valence-corrected chi connectivity index (χ4v) is 2.79. The van der Waals surface area contributed by atoms with Crippen LogP contribution in [0.1, 0.15) is 20.3 Å². The normalized spacial score (nSPS) is 17.3. The predicted octanol–water partition coefficient (Wildman–Crippen LogP) is 2.47. The lowest BCUT2D eigenvalue weighted by Crippen LogP contribution is -2.44. The van der Waals surface area contributed by atoms with Crippen molar-refractivity contribution >= 4 is 17.5 Å². The average Bonchev–Trinajstić information content (AvgIpc) is 2.80. The topological polar surface area (TPSA) is 61.9 Å². The van der Waals surface area contributed by atoms with Crippen LogP contribution in [0.15, 0.2) is 24.3 Å². The van der Waals surface area contributed by atoms with E-state index in [0.717, 1.165) is 18.6 Å². The zero-order valence-electron chi connectivity index (χ0n) is 14.7. The van der Waals surface area contributed by atoms with Crippen molar-refractivity contribution in [1.82, 2.24) is 9.80 Å². The van der Waals surface area contributed by atoms with E-state index in [1.807, 2.05) is 4.90 Å². The van der Waals surface area contributed by atoms with Crippen LogP contribution in [0.5, 0.6) is 5.75 Å². The van der Waals surface area contributed by atoms with E-state index >= 15 is 0 Å². The highest BCUT2D eigenvalue weighted by Crippen LogP contribution is 2.24. The molecule has 9 heteroatoms. The molecule has 0 bridgehead atoms. The second-order valence-corrected chi connectivity index (χ2v) is 6.13. The summed E-state index contributed by atoms with van der Waals surface area (Å²) in [6, 6.07) is 4.57. The molecule has 6 nitrogen and oxygen atoms in total. The van der Waals surface area contributed by atoms with Gasteiger partial charge in [-0.15, -0.1) is 13.2 Å². The van der Waals surface area contributed by atoms with Crippen LogP contribution in [0.2, 0.25) is 0 Å². The summed E-state index contributed by atoms with van der Waals surface area (Å²) in [6.45, 7) is 5.80. The first-order chi connectivity index (χ1) is 12.2. The van der Waals surface area contributed by atoms with Gasteiger partial charge >= 0.3 is 6.36 Å². The predicted molar refractivity (Wildman–Crippen MR) is 89.7 cm³/mol. The number of hydrogen-bond acceptors (Lipinski definition) is 4. The van der Waals surface area contributed by atoms with E-state index < -0.39 is 12.4 Å². The lowest BCUT2D eigenvalue weighted by Gasteiger charge is -2.26. The fourth-order valence-electron chi connectivity index (χ4n) is 2.79. The number of nitrogens with one attached hydrogen (secondary N) is 1. The quantitative estimate of drug-likeness (QED) is 0.881. The second kappa shape index (κ2) is 8.39. The molecule has 0 aliphatic carbocycles. The van der Waals surface area contributed by atoms with E-state index in [4.69, 9.17) is 0 Å². The van der Waals surface area contributed by atoms with Crippen molar-refractivity contribution in [1.29, 1.82) is 0 Å². The summed E-state index contributed by atoms with van der Waals surface area (Å²) >= 11 is 0. The van der Waals surface area contributed by atoms with Gasteiger partial charge in [0.1, 0.15) is 5.75 Å². The average molecular weight is 373 g/mol. The first kappa shape index (κ1) is 20.0. The highest BCUT2D eigenvalue weighted by atomic mass is 19.4. The fraction of sp³-hybridized carbons (Fsp3) is 0.529. The van der Waals surface area contributed by atoms with Crippen molar-refractivity contribution in [3.8, 4) is 5.75 Å². The monoisotopic (exact) mass is 373 g/mol. The van der Waals surface area contributed by atoms with Gasteiger partial charge in [0.05, 0.1) is 6.04 Å². The van der Waals surface area contributed by atoms with Crippen LogP contribution in [0.3, 0.4) is 0 Å². The van der Waals surface area contributed by atoms with Crippen LogP contribution in [0.4, 0.5) is 18.9 Å². The minimum absolute atomic E-state index is 0.0186. The Hall–Kier alpha value is -2.29. The number of hydrogen-bond donors (Lipinski definition) is 1. The molecule has 0 spiro atoms. The molecule has 1 atom stereocenters. The molecular weight excluding hydrogens is 351 g/mol. The van der Waals surface area contributed by atoms with E-state index in [1.165, 1.54) is 19.1 Å². The second-order valence-electron chi connectivity index (χ2n) is 6.13. The Labute approximate surface area is 149 Å². The molecule has 0 saturated carbocycles. The van der Waals surface area contributed by atoms with Crippen molar-refractivity contribution in [2.45, 2.75) is 32.7 Å². The molecule has 144 valence electrons. The first-order valence-electron chi connectivity index (χ1n) is 8.32. The maximum Gasteiger partial charge on any atom is 0.573 e. The van der Waals surface area contributed by atoms with E-state index in [9.17, 15) is 22.8 Å². The number of carbonyl (C=O) groups is 2. The van der Waals surface area contributed by atoms with Gasteiger partial charge in [-0.25, -0.2) is 0 Å². The molecule has 1 heterocycles. The first-order valence-corrected chi connectivity index (χ1v) is 8.32. The Balaban J connectivity index is 1.91. The van der Waals surface area contributed by atoms with Crippen molar-refractivity contribution in [2.24, 2.45) is 0 Å². The molecule has 0 radical (unpaired) electrons.